The number of hydrogen-bond acceptors (Lipinski definition) is 6. The standard InChI is InChI=1S/C22H28NO3.CH4O3S/c1-3-9-23-10-8-21-15-22(25-11-12-26-22)7-6-20(21,16-23)14-17-4-5-18(24-2)13-19(17)21;1-5(2,3)4/h3-5,13,16H,1,6-12,14-15H2,2H3;1H3,(H,2,3,4)/q+1;/p-1. The maximum Gasteiger partial charge on any atom is 0.169 e. The SMILES string of the molecule is C=CC[N+]1=CC23CCC4(CC2(CC1)c1cc(OC)ccc1C3)OCCO4.CS(=O)(=O)[O-]. The van der Waals surface area contributed by atoms with Crippen LogP contribution >= 0.6 is 0 Å². The summed E-state index contributed by atoms with van der Waals surface area (Å²) in [6, 6.07) is 6.66. The molecule has 2 aliphatic carbocycles. The first-order valence-corrected chi connectivity index (χ1v) is 12.5. The summed E-state index contributed by atoms with van der Waals surface area (Å²) in [5.41, 5.74) is 3.17. The van der Waals surface area contributed by atoms with Crippen LogP contribution in [-0.2, 0) is 31.4 Å². The summed E-state index contributed by atoms with van der Waals surface area (Å²) in [5.74, 6) is 0.568. The van der Waals surface area contributed by atoms with Crippen LogP contribution in [0.5, 0.6) is 5.75 Å². The highest BCUT2D eigenvalue weighted by molar-refractivity contribution is 7.84. The molecule has 5 rings (SSSR count). The molecular formula is C23H31NO6S. The van der Waals surface area contributed by atoms with Gasteiger partial charge in [0.15, 0.2) is 12.3 Å². The topological polar surface area (TPSA) is 87.9 Å². The largest absolute Gasteiger partial charge is 0.748 e. The number of ether oxygens (including phenoxy) is 3. The minimum absolute atomic E-state index is 0.0805. The van der Waals surface area contributed by atoms with Crippen LogP contribution in [-0.4, -0.2) is 69.2 Å². The summed E-state index contributed by atoms with van der Waals surface area (Å²) in [6.45, 7) is 7.37. The monoisotopic (exact) mass is 449 g/mol. The van der Waals surface area contributed by atoms with Gasteiger partial charge < -0.3 is 18.8 Å². The van der Waals surface area contributed by atoms with Crippen LogP contribution in [0.4, 0.5) is 0 Å². The van der Waals surface area contributed by atoms with Crippen molar-refractivity contribution in [3.05, 3.63) is 42.0 Å². The Morgan fingerprint density at radius 1 is 1.26 bits per heavy atom. The van der Waals surface area contributed by atoms with Gasteiger partial charge in [-0.3, -0.25) is 0 Å². The summed E-state index contributed by atoms with van der Waals surface area (Å²) < 4.78 is 47.6. The predicted molar refractivity (Wildman–Crippen MR) is 116 cm³/mol. The van der Waals surface area contributed by atoms with Gasteiger partial charge in [-0.25, -0.2) is 13.0 Å². The third-order valence-electron chi connectivity index (χ3n) is 7.25. The van der Waals surface area contributed by atoms with E-state index in [0.717, 1.165) is 64.2 Å². The van der Waals surface area contributed by atoms with Crippen molar-refractivity contribution in [1.82, 2.24) is 0 Å². The van der Waals surface area contributed by atoms with Crippen molar-refractivity contribution in [3.8, 4) is 5.75 Å². The molecule has 0 amide bonds. The number of hydrogen-bond donors (Lipinski definition) is 0. The van der Waals surface area contributed by atoms with Gasteiger partial charge in [-0.2, -0.15) is 0 Å². The van der Waals surface area contributed by atoms with Gasteiger partial charge in [-0.15, -0.1) is 0 Å². The van der Waals surface area contributed by atoms with Crippen molar-refractivity contribution >= 4 is 16.3 Å². The summed E-state index contributed by atoms with van der Waals surface area (Å²) in [4.78, 5) is 0. The fraction of sp³-hybridized carbons (Fsp3) is 0.609. The normalized spacial score (nSPS) is 30.4. The van der Waals surface area contributed by atoms with Crippen LogP contribution in [0.1, 0.15) is 36.8 Å². The Bertz CT molecular complexity index is 989. The van der Waals surface area contributed by atoms with E-state index in [4.69, 9.17) is 27.2 Å². The Morgan fingerprint density at radius 3 is 2.61 bits per heavy atom. The van der Waals surface area contributed by atoms with Gasteiger partial charge in [0.05, 0.1) is 35.9 Å². The Kier molecular flexibility index (Phi) is 5.79. The highest BCUT2D eigenvalue weighted by Crippen LogP contribution is 2.64. The molecular weight excluding hydrogens is 418 g/mol. The van der Waals surface area contributed by atoms with Crippen LogP contribution in [0, 0.1) is 5.41 Å². The molecule has 0 radical (unpaired) electrons. The summed E-state index contributed by atoms with van der Waals surface area (Å²) >= 11 is 0. The van der Waals surface area contributed by atoms with Crippen LogP contribution in [0.15, 0.2) is 30.9 Å². The third-order valence-corrected chi connectivity index (χ3v) is 7.25. The molecule has 1 spiro atoms. The Labute approximate surface area is 184 Å². The van der Waals surface area contributed by atoms with Crippen LogP contribution in [0.25, 0.3) is 0 Å². The highest BCUT2D eigenvalue weighted by Gasteiger charge is 2.67. The molecule has 0 bridgehead atoms. The average Bonchev–Trinajstić information content (AvgIpc) is 3.27. The second-order valence-corrected chi connectivity index (χ2v) is 10.5. The number of methoxy groups -OCH3 is 1. The van der Waals surface area contributed by atoms with Crippen molar-refractivity contribution in [2.75, 3.05) is 39.7 Å². The zero-order valence-electron chi connectivity index (χ0n) is 18.3. The van der Waals surface area contributed by atoms with Crippen LogP contribution < -0.4 is 4.74 Å². The first-order valence-electron chi connectivity index (χ1n) is 10.7. The van der Waals surface area contributed by atoms with Crippen molar-refractivity contribution in [3.63, 3.8) is 0 Å². The van der Waals surface area contributed by atoms with Crippen LogP contribution in [0.3, 0.4) is 0 Å². The smallest absolute Gasteiger partial charge is 0.169 e. The van der Waals surface area contributed by atoms with Gasteiger partial charge in [0.25, 0.3) is 0 Å². The second-order valence-electron chi connectivity index (χ2n) is 9.09. The summed E-state index contributed by atoms with van der Waals surface area (Å²) in [7, 11) is -2.16. The molecule has 1 aromatic carbocycles. The molecule has 1 aromatic rings. The average molecular weight is 450 g/mol. The summed E-state index contributed by atoms with van der Waals surface area (Å²) in [6.07, 6.45) is 10.4. The Hall–Kier alpha value is -1.74. The van der Waals surface area contributed by atoms with Crippen molar-refractivity contribution < 1.29 is 31.8 Å². The van der Waals surface area contributed by atoms with Crippen molar-refractivity contribution in [2.24, 2.45) is 5.41 Å². The lowest BCUT2D eigenvalue weighted by Crippen LogP contribution is -2.59. The Morgan fingerprint density at radius 2 is 1.97 bits per heavy atom. The molecule has 0 N–H and O–H groups in total. The first-order chi connectivity index (χ1) is 14.6. The molecule has 1 saturated carbocycles. The van der Waals surface area contributed by atoms with Crippen LogP contribution in [0.2, 0.25) is 0 Å². The van der Waals surface area contributed by atoms with E-state index in [1.807, 2.05) is 6.08 Å². The van der Waals surface area contributed by atoms with Gasteiger partial charge >= 0.3 is 0 Å². The lowest BCUT2D eigenvalue weighted by molar-refractivity contribution is -0.527. The first kappa shape index (κ1) is 22.5. The predicted octanol–water partition coefficient (Wildman–Crippen LogP) is 2.24. The maximum atomic E-state index is 9.08. The van der Waals surface area contributed by atoms with Gasteiger partial charge in [0.2, 0.25) is 0 Å². The molecule has 2 unspecified atom stereocenters. The van der Waals surface area contributed by atoms with E-state index in [0.29, 0.717) is 6.26 Å². The second kappa shape index (κ2) is 7.99. The van der Waals surface area contributed by atoms with E-state index >= 15 is 0 Å². The third kappa shape index (κ3) is 4.06. The molecule has 1 saturated heterocycles. The maximum absolute atomic E-state index is 9.08. The molecule has 8 heteroatoms. The summed E-state index contributed by atoms with van der Waals surface area (Å²) in [5, 5.41) is 0. The zero-order chi connectivity index (χ0) is 22.3. The van der Waals surface area contributed by atoms with Gasteiger partial charge in [0, 0.05) is 30.9 Å². The van der Waals surface area contributed by atoms with E-state index in [-0.39, 0.29) is 16.6 Å². The van der Waals surface area contributed by atoms with Gasteiger partial charge in [-0.1, -0.05) is 12.6 Å². The van der Waals surface area contributed by atoms with Crippen molar-refractivity contribution in [2.45, 2.75) is 43.3 Å². The minimum atomic E-state index is -3.92. The number of benzene rings is 1. The lowest BCUT2D eigenvalue weighted by Gasteiger charge is -2.53. The lowest BCUT2D eigenvalue weighted by atomic mass is 9.53. The molecule has 0 aromatic heterocycles. The quantitative estimate of drug-likeness (QED) is 0.400. The van der Waals surface area contributed by atoms with Gasteiger partial charge in [-0.05, 0) is 42.2 Å². The number of fused-ring (bicyclic) bond motifs is 1. The van der Waals surface area contributed by atoms with E-state index < -0.39 is 10.1 Å². The minimum Gasteiger partial charge on any atom is -0.748 e. The molecule has 2 heterocycles. The van der Waals surface area contributed by atoms with E-state index in [9.17, 15) is 0 Å². The fourth-order valence-corrected chi connectivity index (χ4v) is 6.13. The fourth-order valence-electron chi connectivity index (χ4n) is 6.13. The van der Waals surface area contributed by atoms with E-state index in [2.05, 4.69) is 35.6 Å². The molecule has 170 valence electrons. The van der Waals surface area contributed by atoms with Crippen molar-refractivity contribution in [1.29, 1.82) is 0 Å². The van der Waals surface area contributed by atoms with E-state index in [1.54, 1.807) is 7.11 Å². The number of rotatable bonds is 3. The van der Waals surface area contributed by atoms with Gasteiger partial charge in [0.1, 0.15) is 18.5 Å². The molecule has 2 fully saturated rings. The highest BCUT2D eigenvalue weighted by atomic mass is 32.2. The van der Waals surface area contributed by atoms with E-state index in [1.165, 1.54) is 11.1 Å². The molecule has 2 atom stereocenters. The molecule has 31 heavy (non-hydrogen) atoms. The zero-order valence-corrected chi connectivity index (χ0v) is 19.1. The molecule has 4 aliphatic rings. The molecule has 7 nitrogen and oxygen atoms in total. The molecule has 2 aliphatic heterocycles. The number of nitrogens with zero attached hydrogens (tertiary/aromatic N) is 1. The Balaban J connectivity index is 0.000000418.